The molecule has 2 N–H and O–H groups in total. The lowest BCUT2D eigenvalue weighted by molar-refractivity contribution is -0.120. The first-order chi connectivity index (χ1) is 14.5. The lowest BCUT2D eigenvalue weighted by atomic mass is 9.90. The van der Waals surface area contributed by atoms with Crippen molar-refractivity contribution in [3.8, 4) is 0 Å². The summed E-state index contributed by atoms with van der Waals surface area (Å²) in [5.74, 6) is -0.402. The number of hydrogen-bond acceptors (Lipinski definition) is 2. The Bertz CT molecular complexity index is 878. The molecule has 1 aliphatic carbocycles. The normalized spacial score (nSPS) is 19.1. The van der Waals surface area contributed by atoms with Crippen LogP contribution in [0, 0.1) is 0 Å². The molecule has 0 bridgehead atoms. The Hall–Kier alpha value is -2.56. The molecule has 2 atom stereocenters. The van der Waals surface area contributed by atoms with Crippen molar-refractivity contribution in [1.29, 1.82) is 0 Å². The molecule has 0 aliphatic heterocycles. The van der Waals surface area contributed by atoms with Gasteiger partial charge in [0.05, 0.1) is 0 Å². The summed E-state index contributed by atoms with van der Waals surface area (Å²) >= 11 is 12.2. The van der Waals surface area contributed by atoms with Crippen LogP contribution in [0.2, 0.25) is 10.0 Å². The van der Waals surface area contributed by atoms with Crippen molar-refractivity contribution in [2.24, 2.45) is 0 Å². The summed E-state index contributed by atoms with van der Waals surface area (Å²) in [5, 5.41) is 7.22. The second-order valence-electron chi connectivity index (χ2n) is 7.22. The molecular weight excluding hydrogens is 419 g/mol. The molecule has 1 fully saturated rings. The topological polar surface area (TPSA) is 58.2 Å². The van der Waals surface area contributed by atoms with Crippen LogP contribution in [-0.2, 0) is 9.59 Å². The summed E-state index contributed by atoms with van der Waals surface area (Å²) < 4.78 is 0. The number of carbonyl (C=O) groups excluding carboxylic acids is 2. The van der Waals surface area contributed by atoms with E-state index in [1.54, 1.807) is 24.3 Å². The van der Waals surface area contributed by atoms with Gasteiger partial charge in [-0.25, -0.2) is 0 Å². The smallest absolute Gasteiger partial charge is 0.244 e. The average Bonchev–Trinajstić information content (AvgIpc) is 2.74. The summed E-state index contributed by atoms with van der Waals surface area (Å²) in [6.45, 7) is 0. The van der Waals surface area contributed by atoms with E-state index in [9.17, 15) is 9.59 Å². The maximum atomic E-state index is 12.4. The molecule has 30 heavy (non-hydrogen) atoms. The molecule has 1 saturated carbocycles. The van der Waals surface area contributed by atoms with Gasteiger partial charge in [-0.05, 0) is 48.3 Å². The second-order valence-corrected chi connectivity index (χ2v) is 8.04. The van der Waals surface area contributed by atoms with Crippen molar-refractivity contribution >= 4 is 47.2 Å². The Morgan fingerprint density at radius 1 is 0.733 bits per heavy atom. The third-order valence-electron chi connectivity index (χ3n) is 5.06. The fourth-order valence-corrected chi connectivity index (χ4v) is 3.89. The van der Waals surface area contributed by atoms with Crippen LogP contribution in [0.5, 0.6) is 0 Å². The van der Waals surface area contributed by atoms with Crippen LogP contribution in [0.3, 0.4) is 0 Å². The fraction of sp³-hybridized carbons (Fsp3) is 0.250. The van der Waals surface area contributed by atoms with E-state index in [4.69, 9.17) is 23.2 Å². The minimum atomic E-state index is -0.201. The predicted octanol–water partition coefficient (Wildman–Crippen LogP) is 5.26. The zero-order chi connectivity index (χ0) is 21.3. The summed E-state index contributed by atoms with van der Waals surface area (Å²) in [6, 6.07) is 14.5. The van der Waals surface area contributed by atoms with Crippen molar-refractivity contribution in [3.63, 3.8) is 0 Å². The number of halogens is 2. The minimum absolute atomic E-state index is 0.111. The number of rotatable bonds is 6. The molecule has 156 valence electrons. The molecule has 0 saturated heterocycles. The minimum Gasteiger partial charge on any atom is -0.348 e. The van der Waals surface area contributed by atoms with Crippen LogP contribution in [-0.4, -0.2) is 23.9 Å². The van der Waals surface area contributed by atoms with E-state index in [1.807, 2.05) is 36.4 Å². The van der Waals surface area contributed by atoms with Crippen molar-refractivity contribution < 1.29 is 9.59 Å². The van der Waals surface area contributed by atoms with Crippen molar-refractivity contribution in [3.05, 3.63) is 81.9 Å². The maximum absolute atomic E-state index is 12.4. The standard InChI is InChI=1S/C24H24Cl2N2O2/c25-19-9-3-1-7-17(19)13-15-23(29)27-21-11-5-6-12-22(21)28-24(30)16-14-18-8-2-4-10-20(18)26/h1-4,7-10,13-16,21-22H,5-6,11-12H2,(H,27,29)(H,28,30). The predicted molar refractivity (Wildman–Crippen MR) is 123 cm³/mol. The first-order valence-electron chi connectivity index (χ1n) is 9.99. The molecule has 2 aromatic carbocycles. The molecule has 6 heteroatoms. The molecule has 0 aromatic heterocycles. The van der Waals surface area contributed by atoms with Gasteiger partial charge in [-0.1, -0.05) is 72.4 Å². The van der Waals surface area contributed by atoms with E-state index in [2.05, 4.69) is 10.6 Å². The highest BCUT2D eigenvalue weighted by molar-refractivity contribution is 6.32. The zero-order valence-corrected chi connectivity index (χ0v) is 18.0. The lowest BCUT2D eigenvalue weighted by Gasteiger charge is -2.32. The van der Waals surface area contributed by atoms with E-state index in [1.165, 1.54) is 12.2 Å². The van der Waals surface area contributed by atoms with Gasteiger partial charge < -0.3 is 10.6 Å². The van der Waals surface area contributed by atoms with Gasteiger partial charge in [0.15, 0.2) is 0 Å². The van der Waals surface area contributed by atoms with Crippen molar-refractivity contribution in [1.82, 2.24) is 10.6 Å². The Labute approximate surface area is 187 Å². The molecule has 1 aliphatic rings. The van der Waals surface area contributed by atoms with Gasteiger partial charge in [0.1, 0.15) is 0 Å². The first kappa shape index (κ1) is 22.1. The number of amides is 2. The number of nitrogens with one attached hydrogen (secondary N) is 2. The maximum Gasteiger partial charge on any atom is 0.244 e. The Morgan fingerprint density at radius 3 is 1.53 bits per heavy atom. The molecule has 2 amide bonds. The fourth-order valence-electron chi connectivity index (χ4n) is 3.49. The van der Waals surface area contributed by atoms with Crippen molar-refractivity contribution in [2.75, 3.05) is 0 Å². The van der Waals surface area contributed by atoms with Gasteiger partial charge in [-0.15, -0.1) is 0 Å². The highest BCUT2D eigenvalue weighted by atomic mass is 35.5. The Kier molecular flexibility index (Phi) is 8.12. The molecule has 0 heterocycles. The second kappa shape index (κ2) is 11.0. The largest absolute Gasteiger partial charge is 0.348 e. The third-order valence-corrected chi connectivity index (χ3v) is 5.75. The van der Waals surface area contributed by atoms with Crippen LogP contribution in [0.15, 0.2) is 60.7 Å². The van der Waals surface area contributed by atoms with Crippen LogP contribution in [0.4, 0.5) is 0 Å². The molecular formula is C24H24Cl2N2O2. The molecule has 4 nitrogen and oxygen atoms in total. The third kappa shape index (κ3) is 6.48. The van der Waals surface area contributed by atoms with Gasteiger partial charge in [0, 0.05) is 34.3 Å². The Morgan fingerprint density at radius 2 is 1.13 bits per heavy atom. The van der Waals surface area contributed by atoms with Gasteiger partial charge in [0.2, 0.25) is 11.8 Å². The molecule has 2 unspecified atom stereocenters. The van der Waals surface area contributed by atoms with E-state index in [0.717, 1.165) is 36.8 Å². The summed E-state index contributed by atoms with van der Waals surface area (Å²) in [4.78, 5) is 24.8. The van der Waals surface area contributed by atoms with E-state index in [-0.39, 0.29) is 23.9 Å². The summed E-state index contributed by atoms with van der Waals surface area (Å²) in [7, 11) is 0. The van der Waals surface area contributed by atoms with E-state index < -0.39 is 0 Å². The number of benzene rings is 2. The average molecular weight is 443 g/mol. The summed E-state index contributed by atoms with van der Waals surface area (Å²) in [6.07, 6.45) is 10.0. The van der Waals surface area contributed by atoms with E-state index in [0.29, 0.717) is 10.0 Å². The van der Waals surface area contributed by atoms with Crippen molar-refractivity contribution in [2.45, 2.75) is 37.8 Å². The molecule has 0 radical (unpaired) electrons. The molecule has 2 aromatic rings. The van der Waals surface area contributed by atoms with Crippen LogP contribution >= 0.6 is 23.2 Å². The highest BCUT2D eigenvalue weighted by Gasteiger charge is 2.26. The van der Waals surface area contributed by atoms with Crippen LogP contribution in [0.1, 0.15) is 36.8 Å². The number of hydrogen-bond donors (Lipinski definition) is 2. The number of carbonyl (C=O) groups is 2. The zero-order valence-electron chi connectivity index (χ0n) is 16.5. The van der Waals surface area contributed by atoms with Crippen LogP contribution < -0.4 is 10.6 Å². The lowest BCUT2D eigenvalue weighted by Crippen LogP contribution is -2.52. The van der Waals surface area contributed by atoms with Gasteiger partial charge >= 0.3 is 0 Å². The van der Waals surface area contributed by atoms with E-state index >= 15 is 0 Å². The summed E-state index contributed by atoms with van der Waals surface area (Å²) in [5.41, 5.74) is 1.57. The quantitative estimate of drug-likeness (QED) is 0.599. The monoisotopic (exact) mass is 442 g/mol. The van der Waals surface area contributed by atoms with Crippen LogP contribution in [0.25, 0.3) is 12.2 Å². The molecule has 3 rings (SSSR count). The van der Waals surface area contributed by atoms with Gasteiger partial charge in [-0.3, -0.25) is 9.59 Å². The van der Waals surface area contributed by atoms with Gasteiger partial charge in [-0.2, -0.15) is 0 Å². The molecule has 0 spiro atoms. The van der Waals surface area contributed by atoms with Gasteiger partial charge in [0.25, 0.3) is 0 Å². The first-order valence-corrected chi connectivity index (χ1v) is 10.7. The Balaban J connectivity index is 1.58. The highest BCUT2D eigenvalue weighted by Crippen LogP contribution is 2.20. The SMILES string of the molecule is O=C(C=Cc1ccccc1Cl)NC1CCCCC1NC(=O)C=Cc1ccccc1Cl.